The van der Waals surface area contributed by atoms with Crippen molar-refractivity contribution in [3.63, 3.8) is 0 Å². The van der Waals surface area contributed by atoms with E-state index < -0.39 is 39.2 Å². The summed E-state index contributed by atoms with van der Waals surface area (Å²) in [7, 11) is 0. The van der Waals surface area contributed by atoms with E-state index in [1.807, 2.05) is 0 Å². The van der Waals surface area contributed by atoms with E-state index in [-0.39, 0.29) is 5.56 Å². The normalized spacial score (nSPS) is 12.1. The van der Waals surface area contributed by atoms with Gasteiger partial charge in [-0.15, -0.1) is 0 Å². The van der Waals surface area contributed by atoms with Gasteiger partial charge in [0.1, 0.15) is 12.2 Å². The van der Waals surface area contributed by atoms with Crippen LogP contribution in [0.2, 0.25) is 0 Å². The summed E-state index contributed by atoms with van der Waals surface area (Å²) in [6.45, 7) is -0.698. The fourth-order valence-electron chi connectivity index (χ4n) is 1.16. The maximum absolute atomic E-state index is 10.6. The SMILES string of the molecule is O=[N+]([O-])c1cccc([N+](=O)[O-])c1COS(=O)O. The highest BCUT2D eigenvalue weighted by atomic mass is 32.2. The highest BCUT2D eigenvalue weighted by molar-refractivity contribution is 7.74. The molecule has 92 valence electrons. The highest BCUT2D eigenvalue weighted by Crippen LogP contribution is 2.28. The Labute approximate surface area is 96.8 Å². The molecule has 1 rings (SSSR count). The van der Waals surface area contributed by atoms with Gasteiger partial charge >= 0.3 is 11.4 Å². The number of nitrogens with zero attached hydrogens (tertiary/aromatic N) is 2. The third-order valence-electron chi connectivity index (χ3n) is 1.82. The van der Waals surface area contributed by atoms with Gasteiger partial charge in [0.2, 0.25) is 0 Å². The summed E-state index contributed by atoms with van der Waals surface area (Å²) in [4.78, 5) is 19.6. The van der Waals surface area contributed by atoms with Crippen LogP contribution in [-0.4, -0.2) is 18.6 Å². The molecule has 0 aliphatic carbocycles. The van der Waals surface area contributed by atoms with Crippen LogP contribution in [0, 0.1) is 20.2 Å². The Kier molecular flexibility index (Phi) is 4.20. The quantitative estimate of drug-likeness (QED) is 0.478. The van der Waals surface area contributed by atoms with Crippen LogP contribution in [0.3, 0.4) is 0 Å². The number of hydrogen-bond donors (Lipinski definition) is 1. The summed E-state index contributed by atoms with van der Waals surface area (Å²) in [6.07, 6.45) is 0. The van der Waals surface area contributed by atoms with Crippen LogP contribution < -0.4 is 0 Å². The van der Waals surface area contributed by atoms with Gasteiger partial charge in [-0.25, -0.2) is 0 Å². The molecular weight excluding hydrogens is 256 g/mol. The third-order valence-corrected chi connectivity index (χ3v) is 2.14. The highest BCUT2D eigenvalue weighted by Gasteiger charge is 2.25. The van der Waals surface area contributed by atoms with E-state index in [1.165, 1.54) is 0 Å². The first-order valence-corrected chi connectivity index (χ1v) is 5.11. The molecule has 10 heteroatoms. The van der Waals surface area contributed by atoms with Crippen LogP contribution in [0.5, 0.6) is 0 Å². The second kappa shape index (κ2) is 5.43. The monoisotopic (exact) mass is 262 g/mol. The van der Waals surface area contributed by atoms with Crippen molar-refractivity contribution < 1.29 is 22.8 Å². The molecule has 17 heavy (non-hydrogen) atoms. The summed E-state index contributed by atoms with van der Waals surface area (Å²) in [5, 5.41) is 21.3. The van der Waals surface area contributed by atoms with E-state index in [9.17, 15) is 24.4 Å². The lowest BCUT2D eigenvalue weighted by Gasteiger charge is -2.02. The zero-order chi connectivity index (χ0) is 13.0. The molecule has 0 radical (unpaired) electrons. The number of hydrogen-bond acceptors (Lipinski definition) is 6. The molecule has 0 amide bonds. The number of benzene rings is 1. The lowest BCUT2D eigenvalue weighted by atomic mass is 10.1. The van der Waals surface area contributed by atoms with Gasteiger partial charge < -0.3 is 0 Å². The standard InChI is InChI=1S/C7H6N2O7S/c10-8(11)6-2-1-3-7(9(12)13)5(6)4-16-17(14)15/h1-3H,4H2,(H,14,15). The second-order valence-electron chi connectivity index (χ2n) is 2.77. The van der Waals surface area contributed by atoms with Gasteiger partial charge in [-0.3, -0.25) is 29.0 Å². The molecule has 0 aliphatic heterocycles. The zero-order valence-corrected chi connectivity index (χ0v) is 8.96. The van der Waals surface area contributed by atoms with Gasteiger partial charge in [0.25, 0.3) is 11.4 Å². The van der Waals surface area contributed by atoms with Crippen LogP contribution in [0.1, 0.15) is 5.56 Å². The predicted molar refractivity (Wildman–Crippen MR) is 55.3 cm³/mol. The summed E-state index contributed by atoms with van der Waals surface area (Å²) in [6, 6.07) is 3.24. The van der Waals surface area contributed by atoms with Crippen LogP contribution >= 0.6 is 0 Å². The fraction of sp³-hybridized carbons (Fsp3) is 0.143. The van der Waals surface area contributed by atoms with E-state index in [0.717, 1.165) is 18.2 Å². The van der Waals surface area contributed by atoms with Gasteiger partial charge in [0, 0.05) is 12.1 Å². The fourth-order valence-corrected chi connectivity index (χ4v) is 1.38. The molecule has 0 spiro atoms. The van der Waals surface area contributed by atoms with Crippen molar-refractivity contribution >= 4 is 22.7 Å². The summed E-state index contributed by atoms with van der Waals surface area (Å²) in [5.41, 5.74) is -1.43. The summed E-state index contributed by atoms with van der Waals surface area (Å²) < 4.78 is 22.9. The first-order valence-electron chi connectivity index (χ1n) is 4.08. The van der Waals surface area contributed by atoms with Crippen LogP contribution in [0.4, 0.5) is 11.4 Å². The lowest BCUT2D eigenvalue weighted by Crippen LogP contribution is -2.04. The van der Waals surface area contributed by atoms with Crippen molar-refractivity contribution in [2.75, 3.05) is 0 Å². The van der Waals surface area contributed by atoms with Crippen molar-refractivity contribution in [3.05, 3.63) is 44.0 Å². The summed E-state index contributed by atoms with van der Waals surface area (Å²) >= 11 is -2.65. The Hall–Kier alpha value is -1.91. The molecule has 1 unspecified atom stereocenters. The number of nitro groups is 2. The molecule has 1 aromatic rings. The van der Waals surface area contributed by atoms with Crippen molar-refractivity contribution in [3.8, 4) is 0 Å². The van der Waals surface area contributed by atoms with Crippen LogP contribution in [-0.2, 0) is 22.2 Å². The molecule has 9 nitrogen and oxygen atoms in total. The molecule has 1 N–H and O–H groups in total. The molecule has 1 aromatic carbocycles. The molecule has 0 saturated carbocycles. The lowest BCUT2D eigenvalue weighted by molar-refractivity contribution is -0.396. The maximum Gasteiger partial charge on any atom is 0.302 e. The zero-order valence-electron chi connectivity index (χ0n) is 8.14. The van der Waals surface area contributed by atoms with E-state index in [1.54, 1.807) is 0 Å². The van der Waals surface area contributed by atoms with E-state index in [2.05, 4.69) is 4.18 Å². The van der Waals surface area contributed by atoms with Crippen molar-refractivity contribution in [1.29, 1.82) is 0 Å². The third kappa shape index (κ3) is 3.27. The topological polar surface area (TPSA) is 133 Å². The molecule has 0 aliphatic rings. The van der Waals surface area contributed by atoms with E-state index in [4.69, 9.17) is 4.55 Å². The van der Waals surface area contributed by atoms with Crippen LogP contribution in [0.15, 0.2) is 18.2 Å². The van der Waals surface area contributed by atoms with Crippen molar-refractivity contribution in [1.82, 2.24) is 0 Å². The average molecular weight is 262 g/mol. The van der Waals surface area contributed by atoms with E-state index >= 15 is 0 Å². The average Bonchev–Trinajstić information content (AvgIpc) is 2.25. The Morgan fingerprint density at radius 1 is 1.24 bits per heavy atom. The van der Waals surface area contributed by atoms with Gasteiger partial charge in [-0.1, -0.05) is 0 Å². The minimum absolute atomic E-state index is 0.357. The largest absolute Gasteiger partial charge is 0.302 e. The molecule has 0 fully saturated rings. The molecular formula is C7H6N2O7S. The summed E-state index contributed by atoms with van der Waals surface area (Å²) in [5.74, 6) is 0. The molecule has 1 atom stereocenters. The molecule has 0 saturated heterocycles. The van der Waals surface area contributed by atoms with Crippen molar-refractivity contribution in [2.24, 2.45) is 0 Å². The van der Waals surface area contributed by atoms with Gasteiger partial charge in [0.15, 0.2) is 0 Å². The molecule has 0 aromatic heterocycles. The Balaban J connectivity index is 3.23. The minimum atomic E-state index is -2.65. The van der Waals surface area contributed by atoms with Gasteiger partial charge in [0.05, 0.1) is 9.85 Å². The van der Waals surface area contributed by atoms with Gasteiger partial charge in [-0.05, 0) is 6.07 Å². The van der Waals surface area contributed by atoms with Crippen molar-refractivity contribution in [2.45, 2.75) is 6.61 Å². The maximum atomic E-state index is 10.6. The Morgan fingerprint density at radius 2 is 1.71 bits per heavy atom. The molecule has 0 bridgehead atoms. The Bertz CT molecular complexity index is 457. The van der Waals surface area contributed by atoms with Gasteiger partial charge in [-0.2, -0.15) is 4.21 Å². The smallest absolute Gasteiger partial charge is 0.284 e. The molecule has 0 heterocycles. The first kappa shape index (κ1) is 13.2. The van der Waals surface area contributed by atoms with E-state index in [0.29, 0.717) is 0 Å². The number of rotatable bonds is 5. The minimum Gasteiger partial charge on any atom is -0.284 e. The number of nitro benzene ring substituents is 2. The Morgan fingerprint density at radius 3 is 2.06 bits per heavy atom. The predicted octanol–water partition coefficient (Wildman–Crippen LogP) is 1.16. The first-order chi connectivity index (χ1) is 7.93. The second-order valence-corrected chi connectivity index (χ2v) is 3.44. The van der Waals surface area contributed by atoms with Crippen LogP contribution in [0.25, 0.3) is 0 Å².